The van der Waals surface area contributed by atoms with Gasteiger partial charge in [-0.2, -0.15) is 0 Å². The SMILES string of the molecule is c1ccc(Cc2cccc(CNCC3CC34CCNC4)c2)cc1. The van der Waals surface area contributed by atoms with E-state index >= 15 is 0 Å². The van der Waals surface area contributed by atoms with Crippen LogP contribution in [0.3, 0.4) is 0 Å². The molecule has 2 N–H and O–H groups in total. The highest BCUT2D eigenvalue weighted by Crippen LogP contribution is 2.56. The first-order chi connectivity index (χ1) is 11.3. The van der Waals surface area contributed by atoms with Gasteiger partial charge in [-0.3, -0.25) is 0 Å². The molecule has 1 aliphatic carbocycles. The van der Waals surface area contributed by atoms with Gasteiger partial charge in [0.25, 0.3) is 0 Å². The first-order valence-electron chi connectivity index (χ1n) is 8.87. The lowest BCUT2D eigenvalue weighted by Crippen LogP contribution is -2.20. The second-order valence-corrected chi connectivity index (χ2v) is 7.30. The van der Waals surface area contributed by atoms with Gasteiger partial charge in [-0.05, 0) is 60.4 Å². The maximum atomic E-state index is 3.68. The van der Waals surface area contributed by atoms with Crippen molar-refractivity contribution < 1.29 is 0 Å². The second kappa shape index (κ2) is 6.46. The van der Waals surface area contributed by atoms with Crippen molar-refractivity contribution in [3.05, 3.63) is 71.3 Å². The lowest BCUT2D eigenvalue weighted by atomic mass is 10.0. The number of hydrogen-bond donors (Lipinski definition) is 2. The Kier molecular flexibility index (Phi) is 4.19. The highest BCUT2D eigenvalue weighted by molar-refractivity contribution is 5.29. The van der Waals surface area contributed by atoms with Crippen LogP contribution in [-0.2, 0) is 13.0 Å². The Morgan fingerprint density at radius 1 is 1.00 bits per heavy atom. The van der Waals surface area contributed by atoms with Crippen LogP contribution < -0.4 is 10.6 Å². The second-order valence-electron chi connectivity index (χ2n) is 7.30. The maximum absolute atomic E-state index is 3.68. The molecule has 2 nitrogen and oxygen atoms in total. The van der Waals surface area contributed by atoms with Crippen molar-refractivity contribution in [3.63, 3.8) is 0 Å². The fourth-order valence-corrected chi connectivity index (χ4v) is 4.08. The van der Waals surface area contributed by atoms with Gasteiger partial charge in [0, 0.05) is 13.1 Å². The van der Waals surface area contributed by atoms with E-state index in [0.29, 0.717) is 5.41 Å². The summed E-state index contributed by atoms with van der Waals surface area (Å²) in [5, 5.41) is 7.19. The van der Waals surface area contributed by atoms with Crippen molar-refractivity contribution in [2.24, 2.45) is 11.3 Å². The average molecular weight is 306 g/mol. The molecule has 2 heteroatoms. The Labute approximate surface area is 139 Å². The largest absolute Gasteiger partial charge is 0.316 e. The molecule has 2 aromatic carbocycles. The molecule has 2 fully saturated rings. The Morgan fingerprint density at radius 3 is 2.65 bits per heavy atom. The Morgan fingerprint density at radius 2 is 1.83 bits per heavy atom. The molecule has 2 atom stereocenters. The summed E-state index contributed by atoms with van der Waals surface area (Å²) in [6.45, 7) is 4.62. The van der Waals surface area contributed by atoms with E-state index in [0.717, 1.165) is 18.9 Å². The molecule has 1 spiro atoms. The minimum absolute atomic E-state index is 0.655. The monoisotopic (exact) mass is 306 g/mol. The third-order valence-corrected chi connectivity index (χ3v) is 5.60. The van der Waals surface area contributed by atoms with E-state index < -0.39 is 0 Å². The predicted octanol–water partition coefficient (Wildman–Crippen LogP) is 3.37. The van der Waals surface area contributed by atoms with Crippen molar-refractivity contribution in [1.29, 1.82) is 0 Å². The molecule has 2 aromatic rings. The highest BCUT2D eigenvalue weighted by atomic mass is 15.0. The van der Waals surface area contributed by atoms with Crippen LogP contribution in [0, 0.1) is 11.3 Å². The molecule has 2 aliphatic rings. The van der Waals surface area contributed by atoms with Gasteiger partial charge in [0.05, 0.1) is 0 Å². The molecule has 0 bridgehead atoms. The van der Waals surface area contributed by atoms with E-state index in [2.05, 4.69) is 65.2 Å². The zero-order chi connectivity index (χ0) is 15.5. The van der Waals surface area contributed by atoms with E-state index in [-0.39, 0.29) is 0 Å². The third kappa shape index (κ3) is 3.49. The third-order valence-electron chi connectivity index (χ3n) is 5.60. The van der Waals surface area contributed by atoms with Crippen molar-refractivity contribution in [1.82, 2.24) is 10.6 Å². The van der Waals surface area contributed by atoms with Crippen LogP contribution in [0.2, 0.25) is 0 Å². The van der Waals surface area contributed by atoms with Gasteiger partial charge in [0.2, 0.25) is 0 Å². The minimum atomic E-state index is 0.655. The lowest BCUT2D eigenvalue weighted by molar-refractivity contribution is 0.478. The summed E-state index contributed by atoms with van der Waals surface area (Å²) in [4.78, 5) is 0. The number of benzene rings is 2. The molecule has 2 unspecified atom stereocenters. The molecule has 0 amide bonds. The van der Waals surface area contributed by atoms with E-state index in [1.807, 2.05) is 0 Å². The molecule has 4 rings (SSSR count). The fourth-order valence-electron chi connectivity index (χ4n) is 4.08. The number of nitrogens with one attached hydrogen (secondary N) is 2. The first-order valence-corrected chi connectivity index (χ1v) is 8.87. The van der Waals surface area contributed by atoms with Gasteiger partial charge < -0.3 is 10.6 Å². The zero-order valence-corrected chi connectivity index (χ0v) is 13.7. The van der Waals surface area contributed by atoms with Gasteiger partial charge >= 0.3 is 0 Å². The molecule has 0 radical (unpaired) electrons. The van der Waals surface area contributed by atoms with E-state index in [1.165, 1.54) is 49.2 Å². The van der Waals surface area contributed by atoms with Crippen LogP contribution in [0.25, 0.3) is 0 Å². The molecule has 23 heavy (non-hydrogen) atoms. The molecular formula is C21H26N2. The summed E-state index contributed by atoms with van der Waals surface area (Å²) in [7, 11) is 0. The van der Waals surface area contributed by atoms with Gasteiger partial charge in [-0.25, -0.2) is 0 Å². The van der Waals surface area contributed by atoms with Crippen LogP contribution in [-0.4, -0.2) is 19.6 Å². The van der Waals surface area contributed by atoms with Crippen LogP contribution in [0.5, 0.6) is 0 Å². The summed E-state index contributed by atoms with van der Waals surface area (Å²) in [5.74, 6) is 0.894. The van der Waals surface area contributed by atoms with E-state index in [1.54, 1.807) is 0 Å². The molecule has 120 valence electrons. The predicted molar refractivity (Wildman–Crippen MR) is 95.4 cm³/mol. The standard InChI is InChI=1S/C21H26N2/c1-2-5-17(6-3-1)11-18-7-4-8-19(12-18)14-23-15-20-13-21(20)9-10-22-16-21/h1-8,12,20,22-23H,9-11,13-16H2. The smallest absolute Gasteiger partial charge is 0.0205 e. The maximum Gasteiger partial charge on any atom is 0.0205 e. The van der Waals surface area contributed by atoms with E-state index in [9.17, 15) is 0 Å². The van der Waals surface area contributed by atoms with Gasteiger partial charge in [-0.1, -0.05) is 54.6 Å². The Bertz CT molecular complexity index is 644. The van der Waals surface area contributed by atoms with Crippen molar-refractivity contribution in [3.8, 4) is 0 Å². The van der Waals surface area contributed by atoms with Crippen molar-refractivity contribution in [2.75, 3.05) is 19.6 Å². The summed E-state index contributed by atoms with van der Waals surface area (Å²) in [6, 6.07) is 19.7. The molecule has 0 aromatic heterocycles. The van der Waals surface area contributed by atoms with E-state index in [4.69, 9.17) is 0 Å². The summed E-state index contributed by atoms with van der Waals surface area (Å²) in [5.41, 5.74) is 4.84. The lowest BCUT2D eigenvalue weighted by Gasteiger charge is -2.10. The van der Waals surface area contributed by atoms with Crippen LogP contribution in [0.1, 0.15) is 29.5 Å². The first kappa shape index (κ1) is 14.9. The van der Waals surface area contributed by atoms with Gasteiger partial charge in [0.1, 0.15) is 0 Å². The normalized spacial score (nSPS) is 25.8. The molecule has 1 saturated carbocycles. The molecular weight excluding hydrogens is 280 g/mol. The molecule has 1 saturated heterocycles. The van der Waals surface area contributed by atoms with Gasteiger partial charge in [0.15, 0.2) is 0 Å². The minimum Gasteiger partial charge on any atom is -0.316 e. The summed E-state index contributed by atoms with van der Waals surface area (Å²) >= 11 is 0. The Balaban J connectivity index is 1.29. The highest BCUT2D eigenvalue weighted by Gasteiger charge is 2.54. The van der Waals surface area contributed by atoms with Crippen LogP contribution >= 0.6 is 0 Å². The molecule has 1 aliphatic heterocycles. The number of rotatable bonds is 6. The van der Waals surface area contributed by atoms with Gasteiger partial charge in [-0.15, -0.1) is 0 Å². The molecule has 1 heterocycles. The van der Waals surface area contributed by atoms with Crippen molar-refractivity contribution >= 4 is 0 Å². The summed E-state index contributed by atoms with van der Waals surface area (Å²) < 4.78 is 0. The Hall–Kier alpha value is -1.64. The van der Waals surface area contributed by atoms with Crippen molar-refractivity contribution in [2.45, 2.75) is 25.8 Å². The summed E-state index contributed by atoms with van der Waals surface area (Å²) in [6.07, 6.45) is 3.82. The number of hydrogen-bond acceptors (Lipinski definition) is 2. The fraction of sp³-hybridized carbons (Fsp3) is 0.429. The topological polar surface area (TPSA) is 24.1 Å². The quantitative estimate of drug-likeness (QED) is 0.855. The average Bonchev–Trinajstić information content (AvgIpc) is 3.02. The van der Waals surface area contributed by atoms with Crippen LogP contribution in [0.15, 0.2) is 54.6 Å². The zero-order valence-electron chi connectivity index (χ0n) is 13.7. The van der Waals surface area contributed by atoms with Crippen LogP contribution in [0.4, 0.5) is 0 Å².